The second-order valence-electron chi connectivity index (χ2n) is 6.49. The molecule has 1 saturated carbocycles. The average molecular weight is 381 g/mol. The Morgan fingerprint density at radius 1 is 1.46 bits per heavy atom. The summed E-state index contributed by atoms with van der Waals surface area (Å²) < 4.78 is 24.2. The number of carbonyl (C=O) groups is 1. The predicted octanol–water partition coefficient (Wildman–Crippen LogP) is 3.93. The Morgan fingerprint density at radius 3 is 2.65 bits per heavy atom. The Morgan fingerprint density at radius 2 is 2.15 bits per heavy atom. The Balaban J connectivity index is 2.09. The van der Waals surface area contributed by atoms with Crippen molar-refractivity contribution >= 4 is 24.2 Å². The fourth-order valence-corrected chi connectivity index (χ4v) is 2.39. The molecule has 0 aromatic heterocycles. The summed E-state index contributed by atoms with van der Waals surface area (Å²) >= 11 is 5.97. The van der Waals surface area contributed by atoms with Crippen LogP contribution in [-0.4, -0.2) is 26.3 Å². The number of carbonyl (C=O) groups excluding carboxylic acids is 1. The highest BCUT2D eigenvalue weighted by Crippen LogP contribution is 2.45. The Kier molecular flexibility index (Phi) is 6.42. The third kappa shape index (κ3) is 5.08. The molecule has 1 aromatic rings. The number of methoxy groups -OCH3 is 1. The molecule has 1 aliphatic rings. The van der Waals surface area contributed by atoms with Crippen LogP contribution in [0.4, 0.5) is 4.39 Å². The van der Waals surface area contributed by atoms with Gasteiger partial charge in [0.15, 0.2) is 11.6 Å². The number of nitrogens with zero attached hydrogens (tertiary/aromatic N) is 1. The van der Waals surface area contributed by atoms with Crippen LogP contribution in [0.5, 0.6) is 5.75 Å². The van der Waals surface area contributed by atoms with Crippen LogP contribution >= 0.6 is 11.6 Å². The summed E-state index contributed by atoms with van der Waals surface area (Å²) in [5.74, 6) is -0.859. The molecule has 140 valence electrons. The highest BCUT2D eigenvalue weighted by atomic mass is 35.5. The molecule has 26 heavy (non-hydrogen) atoms. The molecule has 0 heterocycles. The molecular formula is C19H22ClFN2O3. The quantitative estimate of drug-likeness (QED) is 0.305. The number of aliphatic imine (C=N–C) groups is 1. The molecule has 1 N–H and O–H groups in total. The summed E-state index contributed by atoms with van der Waals surface area (Å²) in [7, 11) is 1.38. The van der Waals surface area contributed by atoms with Gasteiger partial charge in [0.05, 0.1) is 18.7 Å². The van der Waals surface area contributed by atoms with E-state index in [1.54, 1.807) is 6.07 Å². The second kappa shape index (κ2) is 8.36. The molecule has 0 bridgehead atoms. The molecule has 0 spiro atoms. The van der Waals surface area contributed by atoms with E-state index in [1.807, 2.05) is 0 Å². The fraction of sp³-hybridized carbons (Fsp3) is 0.368. The summed E-state index contributed by atoms with van der Waals surface area (Å²) in [6, 6.07) is 4.43. The van der Waals surface area contributed by atoms with Gasteiger partial charge in [-0.05, 0) is 37.3 Å². The van der Waals surface area contributed by atoms with Gasteiger partial charge in [-0.1, -0.05) is 31.2 Å². The van der Waals surface area contributed by atoms with Crippen molar-refractivity contribution in [2.45, 2.75) is 26.3 Å². The van der Waals surface area contributed by atoms with E-state index in [1.165, 1.54) is 19.2 Å². The van der Waals surface area contributed by atoms with Gasteiger partial charge in [-0.15, -0.1) is 0 Å². The first-order valence-electron chi connectivity index (χ1n) is 8.09. The minimum Gasteiger partial charge on any atom is -0.494 e. The zero-order valence-electron chi connectivity index (χ0n) is 14.9. The summed E-state index contributed by atoms with van der Waals surface area (Å²) in [4.78, 5) is 16.3. The van der Waals surface area contributed by atoms with Crippen LogP contribution in [0.25, 0.3) is 0 Å². The number of hydrogen-bond donors (Lipinski definition) is 1. The molecular weight excluding hydrogens is 359 g/mol. The lowest BCUT2D eigenvalue weighted by Gasteiger charge is -2.15. The smallest absolute Gasteiger partial charge is 0.258 e. The lowest BCUT2D eigenvalue weighted by molar-refractivity contribution is -0.117. The molecule has 1 aliphatic carbocycles. The normalized spacial score (nSPS) is 15.5. The minimum atomic E-state index is -0.524. The summed E-state index contributed by atoms with van der Waals surface area (Å²) in [6.07, 6.45) is 2.12. The Hall–Kier alpha value is -2.34. The maximum atomic E-state index is 13.7. The van der Waals surface area contributed by atoms with Gasteiger partial charge in [-0.25, -0.2) is 9.38 Å². The maximum Gasteiger partial charge on any atom is 0.258 e. The Bertz CT molecular complexity index is 757. The number of benzene rings is 1. The summed E-state index contributed by atoms with van der Waals surface area (Å²) in [5.41, 5.74) is 0.682. The van der Waals surface area contributed by atoms with E-state index in [0.29, 0.717) is 12.2 Å². The van der Waals surface area contributed by atoms with E-state index in [9.17, 15) is 9.18 Å². The number of ether oxygens (including phenoxy) is 2. The van der Waals surface area contributed by atoms with E-state index in [0.717, 1.165) is 12.8 Å². The topological polar surface area (TPSA) is 59.9 Å². The SMILES string of the molecule is C=N/C(OCC1(C)CC1)=C(\C(=C)Cl)C(=O)NCc1ccc(OC)c(F)c1. The zero-order valence-corrected chi connectivity index (χ0v) is 15.7. The lowest BCUT2D eigenvalue weighted by atomic mass is 10.1. The van der Waals surface area contributed by atoms with Gasteiger partial charge in [0.2, 0.25) is 5.88 Å². The molecule has 2 rings (SSSR count). The van der Waals surface area contributed by atoms with E-state index in [2.05, 4.69) is 30.5 Å². The van der Waals surface area contributed by atoms with Crippen molar-refractivity contribution in [3.05, 3.63) is 52.6 Å². The molecule has 0 aliphatic heterocycles. The highest BCUT2D eigenvalue weighted by Gasteiger charge is 2.38. The van der Waals surface area contributed by atoms with Crippen LogP contribution in [0.1, 0.15) is 25.3 Å². The number of hydrogen-bond acceptors (Lipinski definition) is 4. The van der Waals surface area contributed by atoms with E-state index in [4.69, 9.17) is 21.1 Å². The Labute approximate surface area is 157 Å². The first kappa shape index (κ1) is 20.0. The number of rotatable bonds is 9. The standard InChI is InChI=1S/C19H22ClFN2O3/c1-12(20)16(18(22-3)26-11-19(2)7-8-19)17(24)23-10-13-5-6-15(25-4)14(21)9-13/h5-6,9H,1,3,7-8,10-11H2,2,4H3,(H,23,24)/b18-16-. The van der Waals surface area contributed by atoms with Crippen LogP contribution < -0.4 is 10.1 Å². The van der Waals surface area contributed by atoms with Gasteiger partial charge in [0, 0.05) is 12.0 Å². The number of halogens is 2. The summed E-state index contributed by atoms with van der Waals surface area (Å²) in [6.45, 7) is 9.64. The zero-order chi connectivity index (χ0) is 19.3. The lowest BCUT2D eigenvalue weighted by Crippen LogP contribution is -2.26. The van der Waals surface area contributed by atoms with Crippen molar-refractivity contribution in [3.63, 3.8) is 0 Å². The van der Waals surface area contributed by atoms with Gasteiger partial charge >= 0.3 is 0 Å². The highest BCUT2D eigenvalue weighted by molar-refractivity contribution is 6.35. The van der Waals surface area contributed by atoms with Crippen molar-refractivity contribution in [1.82, 2.24) is 5.32 Å². The van der Waals surface area contributed by atoms with E-state index in [-0.39, 0.29) is 34.2 Å². The molecule has 1 amide bonds. The molecule has 0 unspecified atom stereocenters. The predicted molar refractivity (Wildman–Crippen MR) is 99.7 cm³/mol. The summed E-state index contributed by atoms with van der Waals surface area (Å²) in [5, 5.41) is 2.65. The van der Waals surface area contributed by atoms with Gasteiger partial charge in [0.25, 0.3) is 5.91 Å². The molecule has 1 fully saturated rings. The monoisotopic (exact) mass is 380 g/mol. The van der Waals surface area contributed by atoms with Crippen LogP contribution in [0.3, 0.4) is 0 Å². The number of amides is 1. The van der Waals surface area contributed by atoms with Crippen LogP contribution in [0, 0.1) is 11.2 Å². The van der Waals surface area contributed by atoms with Crippen molar-refractivity contribution in [3.8, 4) is 5.75 Å². The molecule has 0 radical (unpaired) electrons. The maximum absolute atomic E-state index is 13.7. The van der Waals surface area contributed by atoms with Crippen LogP contribution in [0.15, 0.2) is 46.3 Å². The largest absolute Gasteiger partial charge is 0.494 e. The average Bonchev–Trinajstić information content (AvgIpc) is 3.34. The van der Waals surface area contributed by atoms with Crippen molar-refractivity contribution < 1.29 is 18.7 Å². The van der Waals surface area contributed by atoms with Crippen LogP contribution in [-0.2, 0) is 16.1 Å². The van der Waals surface area contributed by atoms with E-state index < -0.39 is 11.7 Å². The molecule has 7 heteroatoms. The molecule has 0 saturated heterocycles. The van der Waals surface area contributed by atoms with Gasteiger partial charge in [-0.3, -0.25) is 4.79 Å². The van der Waals surface area contributed by atoms with Crippen LogP contribution in [0.2, 0.25) is 0 Å². The van der Waals surface area contributed by atoms with Crippen molar-refractivity contribution in [2.24, 2.45) is 10.4 Å². The van der Waals surface area contributed by atoms with Gasteiger partial charge in [-0.2, -0.15) is 0 Å². The third-order valence-electron chi connectivity index (χ3n) is 4.19. The van der Waals surface area contributed by atoms with Crippen molar-refractivity contribution in [2.75, 3.05) is 13.7 Å². The van der Waals surface area contributed by atoms with Gasteiger partial charge < -0.3 is 14.8 Å². The first-order chi connectivity index (χ1) is 12.3. The van der Waals surface area contributed by atoms with E-state index >= 15 is 0 Å². The molecule has 1 aromatic carbocycles. The van der Waals surface area contributed by atoms with Crippen molar-refractivity contribution in [1.29, 1.82) is 0 Å². The number of nitrogens with one attached hydrogen (secondary N) is 1. The molecule has 5 nitrogen and oxygen atoms in total. The fourth-order valence-electron chi connectivity index (χ4n) is 2.22. The second-order valence-corrected chi connectivity index (χ2v) is 6.95. The third-order valence-corrected chi connectivity index (χ3v) is 4.37. The first-order valence-corrected chi connectivity index (χ1v) is 8.46. The molecule has 0 atom stereocenters. The minimum absolute atomic E-state index is 0.00763. The van der Waals surface area contributed by atoms with Gasteiger partial charge in [0.1, 0.15) is 5.57 Å².